The fourth-order valence-electron chi connectivity index (χ4n) is 3.02. The van der Waals surface area contributed by atoms with E-state index in [9.17, 15) is 14.7 Å². The topological polar surface area (TPSA) is 76.7 Å². The van der Waals surface area contributed by atoms with E-state index >= 15 is 0 Å². The van der Waals surface area contributed by atoms with Gasteiger partial charge in [0.05, 0.1) is 24.9 Å². The van der Waals surface area contributed by atoms with Gasteiger partial charge in [-0.05, 0) is 19.1 Å². The lowest BCUT2D eigenvalue weighted by Crippen LogP contribution is -2.50. The molecule has 1 N–H and O–H groups in total. The number of nitrogens with zero attached hydrogens (tertiary/aromatic N) is 3. The molecule has 0 spiro atoms. The molecule has 138 valence electrons. The maximum Gasteiger partial charge on any atom is 0.310 e. The Kier molecular flexibility index (Phi) is 4.96. The third kappa shape index (κ3) is 2.95. The average Bonchev–Trinajstić information content (AvgIpc) is 3.02. The van der Waals surface area contributed by atoms with Crippen LogP contribution in [0.2, 0.25) is 0 Å². The summed E-state index contributed by atoms with van der Waals surface area (Å²) in [5, 5.41) is 11.1. The lowest BCUT2D eigenvalue weighted by Gasteiger charge is -2.32. The van der Waals surface area contributed by atoms with Crippen molar-refractivity contribution in [2.24, 2.45) is 7.05 Å². The van der Waals surface area contributed by atoms with Gasteiger partial charge in [-0.1, -0.05) is 42.2 Å². The Hall–Kier alpha value is -2.10. The molecule has 1 atom stereocenters. The van der Waals surface area contributed by atoms with Gasteiger partial charge in [0.25, 0.3) is 5.56 Å². The number of esters is 1. The van der Waals surface area contributed by atoms with Crippen LogP contribution in [-0.4, -0.2) is 43.3 Å². The monoisotopic (exact) mass is 393 g/mol. The Morgan fingerprint density at radius 3 is 2.65 bits per heavy atom. The van der Waals surface area contributed by atoms with Gasteiger partial charge in [0, 0.05) is 12.8 Å². The molecule has 1 fully saturated rings. The molecule has 1 saturated heterocycles. The van der Waals surface area contributed by atoms with Gasteiger partial charge in [-0.15, -0.1) is 0 Å². The molecular weight excluding hydrogens is 374 g/mol. The SMILES string of the molecule is COC(=O)C[C@@]1(O)CSC(=S)N1c1c(C)n(C)n(-c2ccccc2)c1=O. The smallest absolute Gasteiger partial charge is 0.310 e. The summed E-state index contributed by atoms with van der Waals surface area (Å²) >= 11 is 6.60. The van der Waals surface area contributed by atoms with E-state index in [1.165, 1.54) is 28.5 Å². The van der Waals surface area contributed by atoms with Crippen LogP contribution in [-0.2, 0) is 16.6 Å². The number of aromatic nitrogens is 2. The quantitative estimate of drug-likeness (QED) is 0.624. The molecule has 1 aromatic heterocycles. The summed E-state index contributed by atoms with van der Waals surface area (Å²) in [7, 11) is 3.02. The van der Waals surface area contributed by atoms with Gasteiger partial charge in [0.15, 0.2) is 5.72 Å². The second-order valence-corrected chi connectivity index (χ2v) is 7.64. The highest BCUT2D eigenvalue weighted by atomic mass is 32.2. The Bertz CT molecular complexity index is 922. The molecule has 0 bridgehead atoms. The Balaban J connectivity index is 2.16. The predicted molar refractivity (Wildman–Crippen MR) is 105 cm³/mol. The van der Waals surface area contributed by atoms with Crippen LogP contribution in [0.1, 0.15) is 12.1 Å². The number of carbonyl (C=O) groups excluding carboxylic acids is 1. The van der Waals surface area contributed by atoms with Crippen LogP contribution in [0.25, 0.3) is 5.69 Å². The highest BCUT2D eigenvalue weighted by Crippen LogP contribution is 2.38. The standard InChI is InChI=1S/C17H19N3O4S2/c1-11-14(15(22)20(18(11)2)12-7-5-4-6-8-12)19-16(25)26-10-17(19,23)9-13(21)24-3/h4-8,23H,9-10H2,1-3H3/t17-/m1/s1. The van der Waals surface area contributed by atoms with Crippen molar-refractivity contribution >= 4 is 40.0 Å². The first-order valence-corrected chi connectivity index (χ1v) is 9.30. The predicted octanol–water partition coefficient (Wildman–Crippen LogP) is 1.57. The van der Waals surface area contributed by atoms with Crippen molar-refractivity contribution in [3.8, 4) is 5.69 Å². The molecule has 9 heteroatoms. The van der Waals surface area contributed by atoms with Crippen LogP contribution in [0.4, 0.5) is 5.69 Å². The molecule has 2 aromatic rings. The Morgan fingerprint density at radius 1 is 1.38 bits per heavy atom. The third-order valence-corrected chi connectivity index (χ3v) is 6.00. The number of hydrogen-bond donors (Lipinski definition) is 1. The zero-order chi connectivity index (χ0) is 19.1. The molecule has 0 amide bonds. The minimum atomic E-state index is -1.60. The molecule has 0 aliphatic carbocycles. The summed E-state index contributed by atoms with van der Waals surface area (Å²) in [5.74, 6) is -0.389. The van der Waals surface area contributed by atoms with Gasteiger partial charge in [-0.25, -0.2) is 4.68 Å². The van der Waals surface area contributed by atoms with Crippen LogP contribution in [0, 0.1) is 6.92 Å². The number of anilines is 1. The van der Waals surface area contributed by atoms with E-state index in [1.54, 1.807) is 18.7 Å². The highest BCUT2D eigenvalue weighted by molar-refractivity contribution is 8.23. The van der Waals surface area contributed by atoms with E-state index < -0.39 is 11.7 Å². The zero-order valence-corrected chi connectivity index (χ0v) is 16.3. The summed E-state index contributed by atoms with van der Waals surface area (Å²) < 4.78 is 8.25. The van der Waals surface area contributed by atoms with Crippen molar-refractivity contribution in [1.82, 2.24) is 9.36 Å². The van der Waals surface area contributed by atoms with Crippen molar-refractivity contribution in [2.45, 2.75) is 19.1 Å². The summed E-state index contributed by atoms with van der Waals surface area (Å²) in [5.41, 5.74) is -0.327. The summed E-state index contributed by atoms with van der Waals surface area (Å²) in [6.45, 7) is 1.78. The van der Waals surface area contributed by atoms with Gasteiger partial charge in [-0.3, -0.25) is 19.2 Å². The van der Waals surface area contributed by atoms with Gasteiger partial charge in [-0.2, -0.15) is 0 Å². The molecule has 1 aliphatic heterocycles. The van der Waals surface area contributed by atoms with Gasteiger partial charge in [0.1, 0.15) is 10.0 Å². The number of ether oxygens (including phenoxy) is 1. The summed E-state index contributed by atoms with van der Waals surface area (Å²) in [6.07, 6.45) is -0.282. The minimum Gasteiger partial charge on any atom is -0.469 e. The zero-order valence-electron chi connectivity index (χ0n) is 14.6. The van der Waals surface area contributed by atoms with Crippen molar-refractivity contribution in [1.29, 1.82) is 0 Å². The number of carbonyl (C=O) groups is 1. The Morgan fingerprint density at radius 2 is 2.04 bits per heavy atom. The number of hydrogen-bond acceptors (Lipinski definition) is 6. The molecule has 1 aromatic carbocycles. The third-order valence-electron chi connectivity index (χ3n) is 4.43. The lowest BCUT2D eigenvalue weighted by molar-refractivity contribution is -0.144. The number of thiocarbonyl (C=S) groups is 1. The first-order valence-electron chi connectivity index (χ1n) is 7.90. The number of aliphatic hydroxyl groups is 1. The highest BCUT2D eigenvalue weighted by Gasteiger charge is 2.47. The van der Waals surface area contributed by atoms with Crippen LogP contribution >= 0.6 is 24.0 Å². The average molecular weight is 393 g/mol. The summed E-state index contributed by atoms with van der Waals surface area (Å²) in [4.78, 5) is 26.4. The minimum absolute atomic E-state index is 0.181. The second-order valence-electron chi connectivity index (χ2n) is 6.04. The normalized spacial score (nSPS) is 19.8. The van der Waals surface area contributed by atoms with Crippen molar-refractivity contribution in [2.75, 3.05) is 17.8 Å². The first-order chi connectivity index (χ1) is 12.3. The van der Waals surface area contributed by atoms with E-state index in [1.807, 2.05) is 30.3 Å². The molecule has 0 saturated carbocycles. The van der Waals surface area contributed by atoms with Crippen LogP contribution in [0.15, 0.2) is 35.1 Å². The van der Waals surface area contributed by atoms with Gasteiger partial charge < -0.3 is 9.84 Å². The van der Waals surface area contributed by atoms with Crippen molar-refractivity contribution < 1.29 is 14.6 Å². The van der Waals surface area contributed by atoms with Crippen LogP contribution in [0.3, 0.4) is 0 Å². The van der Waals surface area contributed by atoms with Gasteiger partial charge in [0.2, 0.25) is 0 Å². The van der Waals surface area contributed by atoms with E-state index in [0.717, 1.165) is 0 Å². The van der Waals surface area contributed by atoms with Crippen molar-refractivity contribution in [3.63, 3.8) is 0 Å². The van der Waals surface area contributed by atoms with Crippen LogP contribution < -0.4 is 10.5 Å². The molecular formula is C17H19N3O4S2. The van der Waals surface area contributed by atoms with E-state index in [-0.39, 0.29) is 23.4 Å². The lowest BCUT2D eigenvalue weighted by atomic mass is 10.1. The first kappa shape index (κ1) is 18.7. The second kappa shape index (κ2) is 6.90. The maximum absolute atomic E-state index is 13.2. The molecule has 3 rings (SSSR count). The van der Waals surface area contributed by atoms with Crippen LogP contribution in [0.5, 0.6) is 0 Å². The number of benzene rings is 1. The van der Waals surface area contributed by atoms with Gasteiger partial charge >= 0.3 is 5.97 Å². The van der Waals surface area contributed by atoms with E-state index in [0.29, 0.717) is 15.7 Å². The van der Waals surface area contributed by atoms with Crippen molar-refractivity contribution in [3.05, 3.63) is 46.4 Å². The number of methoxy groups -OCH3 is 1. The number of para-hydroxylation sites is 1. The largest absolute Gasteiger partial charge is 0.469 e. The molecule has 2 heterocycles. The Labute approximate surface area is 160 Å². The molecule has 26 heavy (non-hydrogen) atoms. The fraction of sp³-hybridized carbons (Fsp3) is 0.353. The van der Waals surface area contributed by atoms with E-state index in [4.69, 9.17) is 12.2 Å². The number of rotatable bonds is 4. The molecule has 1 aliphatic rings. The summed E-state index contributed by atoms with van der Waals surface area (Å²) in [6, 6.07) is 9.19. The fourth-order valence-corrected chi connectivity index (χ4v) is 4.43. The maximum atomic E-state index is 13.2. The molecule has 0 radical (unpaired) electrons. The number of thioether (sulfide) groups is 1. The van der Waals surface area contributed by atoms with E-state index in [2.05, 4.69) is 4.74 Å². The molecule has 0 unspecified atom stereocenters. The molecule has 7 nitrogen and oxygen atoms in total.